The maximum absolute atomic E-state index is 13.6. The molecule has 3 aromatic rings. The summed E-state index contributed by atoms with van der Waals surface area (Å²) in [6.45, 7) is -3.15. The van der Waals surface area contributed by atoms with E-state index in [9.17, 15) is 19.0 Å². The molecule has 0 spiro atoms. The Balaban J connectivity index is 1.28. The number of fused-ring (bicyclic) bond motifs is 4. The van der Waals surface area contributed by atoms with Gasteiger partial charge in [-0.1, -0.05) is 24.5 Å². The van der Waals surface area contributed by atoms with Gasteiger partial charge in [-0.15, -0.1) is 0 Å². The van der Waals surface area contributed by atoms with Crippen LogP contribution in [0.2, 0.25) is 0 Å². The molecule has 17 nitrogen and oxygen atoms in total. The molecule has 2 saturated heterocycles. The number of anilines is 1. The van der Waals surface area contributed by atoms with Crippen molar-refractivity contribution < 1.29 is 41.8 Å². The van der Waals surface area contributed by atoms with Crippen LogP contribution in [0.5, 0.6) is 5.88 Å². The van der Waals surface area contributed by atoms with Crippen LogP contribution in [0.3, 0.4) is 0 Å². The number of thiol groups is 2. The van der Waals surface area contributed by atoms with E-state index in [0.29, 0.717) is 12.3 Å². The van der Waals surface area contributed by atoms with E-state index in [-0.39, 0.29) is 30.1 Å². The Hall–Kier alpha value is -2.05. The SMILES string of the molecule is CC(C)(C)Nc1nc2c(ncn2[C@@H]2O[C@@H]3CO[P@@](=O)(S)O[C@H]4C[C@H](Oc5ccncn5)C[C@@H]4CO[P@@](=O)(S)O[C@@H]2[C@@H]3O)c(=O)[nH]1. The molecule has 1 aliphatic carbocycles. The standard InChI is InChI=1S/C24H33N7O10P2S2/c1-24(2,3)30-23-28-20-17(21(33)29-23)27-11-31(20)22-19-18(32)15(39-22)9-37-42(34,44)40-14-7-13(38-16-4-5-25-10-26-16)6-12(14)8-36-43(35,45)41-19/h4-5,10-15,18-19,22,32H,6-9H2,1-3H3,(H,34,44)(H,35,45)(H2,28,29,30,33)/t12-,13-,14+,15-,18-,19-,22-,42-,43-/m1/s1. The number of hydrogen-bond acceptors (Lipinski definition) is 15. The average Bonchev–Trinajstić information content (AvgIpc) is 3.61. The average molecular weight is 706 g/mol. The third-order valence-electron chi connectivity index (χ3n) is 7.32. The summed E-state index contributed by atoms with van der Waals surface area (Å²) < 4.78 is 63.2. The van der Waals surface area contributed by atoms with Crippen LogP contribution in [-0.4, -0.2) is 83.9 Å². The predicted molar refractivity (Wildman–Crippen MR) is 165 cm³/mol. The van der Waals surface area contributed by atoms with Crippen LogP contribution in [-0.2, 0) is 32.0 Å². The number of aromatic nitrogens is 6. The van der Waals surface area contributed by atoms with E-state index in [2.05, 4.69) is 54.7 Å². The number of rotatable bonds is 4. The highest BCUT2D eigenvalue weighted by molar-refractivity contribution is 8.44. The Bertz CT molecular complexity index is 1690. The Morgan fingerprint density at radius 2 is 1.87 bits per heavy atom. The van der Waals surface area contributed by atoms with Crippen LogP contribution < -0.4 is 15.6 Å². The fourth-order valence-corrected chi connectivity index (χ4v) is 8.48. The van der Waals surface area contributed by atoms with Gasteiger partial charge in [-0.3, -0.25) is 27.9 Å². The second kappa shape index (κ2) is 12.5. The van der Waals surface area contributed by atoms with Crippen molar-refractivity contribution >= 4 is 55.2 Å². The highest BCUT2D eigenvalue weighted by atomic mass is 32.7. The Morgan fingerprint density at radius 3 is 2.60 bits per heavy atom. The number of nitrogens with one attached hydrogen (secondary N) is 2. The first-order valence-electron chi connectivity index (χ1n) is 14.0. The molecule has 1 saturated carbocycles. The normalized spacial score (nSPS) is 36.1. The van der Waals surface area contributed by atoms with Gasteiger partial charge in [0.2, 0.25) is 11.8 Å². The Morgan fingerprint density at radius 1 is 1.11 bits per heavy atom. The minimum absolute atomic E-state index is 0.00928. The van der Waals surface area contributed by atoms with Crippen molar-refractivity contribution in [3.8, 4) is 5.88 Å². The van der Waals surface area contributed by atoms with Gasteiger partial charge in [-0.25, -0.2) is 24.1 Å². The summed E-state index contributed by atoms with van der Waals surface area (Å²) in [4.78, 5) is 32.0. The molecule has 2 bridgehead atoms. The lowest BCUT2D eigenvalue weighted by Crippen LogP contribution is -2.35. The highest BCUT2D eigenvalue weighted by Crippen LogP contribution is 2.60. The smallest absolute Gasteiger partial charge is 0.386 e. The second-order valence-corrected chi connectivity index (χ2v) is 17.7. The summed E-state index contributed by atoms with van der Waals surface area (Å²) in [6, 6.07) is 1.60. The maximum atomic E-state index is 13.6. The molecule has 0 amide bonds. The third-order valence-corrected chi connectivity index (χ3v) is 10.6. The van der Waals surface area contributed by atoms with Gasteiger partial charge in [0.25, 0.3) is 5.56 Å². The summed E-state index contributed by atoms with van der Waals surface area (Å²) in [5.41, 5.74) is -0.869. The van der Waals surface area contributed by atoms with E-state index in [1.165, 1.54) is 23.4 Å². The molecule has 3 N–H and O–H groups in total. The molecule has 21 heteroatoms. The van der Waals surface area contributed by atoms with Crippen LogP contribution in [0.4, 0.5) is 5.95 Å². The van der Waals surface area contributed by atoms with Crippen molar-refractivity contribution in [1.82, 2.24) is 29.5 Å². The predicted octanol–water partition coefficient (Wildman–Crippen LogP) is 3.13. The van der Waals surface area contributed by atoms with Crippen LogP contribution in [0.15, 0.2) is 29.7 Å². The van der Waals surface area contributed by atoms with Crippen molar-refractivity contribution in [1.29, 1.82) is 0 Å². The maximum Gasteiger partial charge on any atom is 0.386 e. The van der Waals surface area contributed by atoms with Gasteiger partial charge in [-0.2, -0.15) is 4.98 Å². The number of aliphatic hydroxyl groups excluding tert-OH is 1. The minimum Gasteiger partial charge on any atom is -0.474 e. The molecular formula is C24H33N7O10P2S2. The lowest BCUT2D eigenvalue weighted by Gasteiger charge is -2.26. The molecule has 45 heavy (non-hydrogen) atoms. The summed E-state index contributed by atoms with van der Waals surface area (Å²) in [7, 11) is 0. The Kier molecular flexibility index (Phi) is 9.15. The fourth-order valence-electron chi connectivity index (χ4n) is 5.42. The van der Waals surface area contributed by atoms with E-state index in [1.807, 2.05) is 20.8 Å². The van der Waals surface area contributed by atoms with Gasteiger partial charge in [-0.05, 0) is 27.2 Å². The molecule has 2 aliphatic heterocycles. The van der Waals surface area contributed by atoms with Crippen LogP contribution in [0.1, 0.15) is 39.8 Å². The summed E-state index contributed by atoms with van der Waals surface area (Å²) in [6.07, 6.45) is -1.56. The number of H-pyrrole nitrogens is 1. The molecule has 0 aromatic carbocycles. The van der Waals surface area contributed by atoms with Crippen molar-refractivity contribution in [2.24, 2.45) is 5.92 Å². The molecule has 9 atom stereocenters. The zero-order valence-corrected chi connectivity index (χ0v) is 27.9. The van der Waals surface area contributed by atoms with Crippen LogP contribution in [0.25, 0.3) is 11.2 Å². The largest absolute Gasteiger partial charge is 0.474 e. The van der Waals surface area contributed by atoms with Crippen LogP contribution >= 0.6 is 38.1 Å². The molecule has 5 heterocycles. The van der Waals surface area contributed by atoms with E-state index < -0.39 is 74.0 Å². The first kappa shape index (κ1) is 32.9. The molecule has 3 aliphatic rings. The second-order valence-electron chi connectivity index (χ2n) is 11.9. The lowest BCUT2D eigenvalue weighted by molar-refractivity contribution is -0.0487. The lowest BCUT2D eigenvalue weighted by atomic mass is 10.1. The van der Waals surface area contributed by atoms with E-state index in [1.54, 1.807) is 6.07 Å². The van der Waals surface area contributed by atoms with Crippen LogP contribution in [0, 0.1) is 5.92 Å². The van der Waals surface area contributed by atoms with Gasteiger partial charge in [0, 0.05) is 30.1 Å². The summed E-state index contributed by atoms with van der Waals surface area (Å²) >= 11 is 8.35. The van der Waals surface area contributed by atoms with Crippen molar-refractivity contribution in [3.63, 3.8) is 0 Å². The van der Waals surface area contributed by atoms with Crippen molar-refractivity contribution in [3.05, 3.63) is 35.3 Å². The molecule has 246 valence electrons. The molecule has 0 unspecified atom stereocenters. The minimum atomic E-state index is -4.18. The summed E-state index contributed by atoms with van der Waals surface area (Å²) in [5.74, 6) is 0.0446. The number of imidazole rings is 1. The van der Waals surface area contributed by atoms with E-state index >= 15 is 0 Å². The number of nitrogens with zero attached hydrogens (tertiary/aromatic N) is 5. The quantitative estimate of drug-likeness (QED) is 0.195. The van der Waals surface area contributed by atoms with Gasteiger partial charge in [0.15, 0.2) is 17.4 Å². The van der Waals surface area contributed by atoms with Gasteiger partial charge in [0.1, 0.15) is 30.7 Å². The number of aromatic amines is 1. The van der Waals surface area contributed by atoms with E-state index in [4.69, 9.17) is 27.6 Å². The molecule has 3 aromatic heterocycles. The molecule has 6 rings (SSSR count). The van der Waals surface area contributed by atoms with E-state index in [0.717, 1.165) is 0 Å². The van der Waals surface area contributed by atoms with Crippen molar-refractivity contribution in [2.45, 2.75) is 75.9 Å². The first-order valence-corrected chi connectivity index (χ1v) is 19.4. The monoisotopic (exact) mass is 705 g/mol. The third kappa shape index (κ3) is 7.59. The first-order chi connectivity index (χ1) is 21.2. The molecular weight excluding hydrogens is 672 g/mol. The zero-order valence-electron chi connectivity index (χ0n) is 24.3. The number of ether oxygens (including phenoxy) is 2. The van der Waals surface area contributed by atoms with Gasteiger partial charge < -0.3 is 24.4 Å². The molecule has 3 fully saturated rings. The number of hydrogen-bond donors (Lipinski definition) is 5. The highest BCUT2D eigenvalue weighted by Gasteiger charge is 2.51. The van der Waals surface area contributed by atoms with Crippen molar-refractivity contribution in [2.75, 3.05) is 18.5 Å². The fraction of sp³-hybridized carbons (Fsp3) is 0.625. The topological polar surface area (TPSA) is 211 Å². The van der Waals surface area contributed by atoms with Gasteiger partial charge >= 0.3 is 13.6 Å². The zero-order chi connectivity index (χ0) is 32.1. The Labute approximate surface area is 267 Å². The van der Waals surface area contributed by atoms with Gasteiger partial charge in [0.05, 0.1) is 25.6 Å². The molecule has 0 radical (unpaired) electrons. The summed E-state index contributed by atoms with van der Waals surface area (Å²) in [5, 5.41) is 14.3. The number of aliphatic hydroxyl groups is 1.